The highest BCUT2D eigenvalue weighted by Crippen LogP contribution is 2.39. The molecule has 1 aromatic rings. The van der Waals surface area contributed by atoms with Gasteiger partial charge in [0.05, 0.1) is 6.26 Å². The third-order valence-electron chi connectivity index (χ3n) is 2.49. The number of anilines is 1. The molecule has 100 valence electrons. The summed E-state index contributed by atoms with van der Waals surface area (Å²) in [6.45, 7) is 2.31. The Balaban J connectivity index is 2.47. The molecule has 1 unspecified atom stereocenters. The van der Waals surface area contributed by atoms with E-state index in [2.05, 4.69) is 20.9 Å². The average molecular weight is 337 g/mol. The molecule has 6 nitrogen and oxygen atoms in total. The highest BCUT2D eigenvalue weighted by Gasteiger charge is 2.24. The summed E-state index contributed by atoms with van der Waals surface area (Å²) in [5.41, 5.74) is 0. The van der Waals surface area contributed by atoms with Gasteiger partial charge in [-0.05, 0) is 22.9 Å². The molecule has 1 aliphatic heterocycles. The van der Waals surface area contributed by atoms with Crippen molar-refractivity contribution in [2.75, 3.05) is 24.2 Å². The van der Waals surface area contributed by atoms with Crippen molar-refractivity contribution in [3.63, 3.8) is 0 Å². The van der Waals surface area contributed by atoms with Gasteiger partial charge in [-0.2, -0.15) is 0 Å². The fraction of sp³-hybridized carbons (Fsp3) is 0.500. The predicted octanol–water partition coefficient (Wildman–Crippen LogP) is 1.40. The van der Waals surface area contributed by atoms with E-state index >= 15 is 0 Å². The molecule has 0 N–H and O–H groups in total. The Bertz CT molecular complexity index is 575. The van der Waals surface area contributed by atoms with E-state index in [1.165, 1.54) is 7.05 Å². The average Bonchev–Trinajstić information content (AvgIpc) is 2.25. The lowest BCUT2D eigenvalue weighted by atomic mass is 10.3. The van der Waals surface area contributed by atoms with E-state index in [4.69, 9.17) is 9.47 Å². The Morgan fingerprint density at radius 1 is 1.56 bits per heavy atom. The van der Waals surface area contributed by atoms with Crippen molar-refractivity contribution in [2.45, 2.75) is 13.0 Å². The second-order valence-corrected chi connectivity index (χ2v) is 6.83. The number of aromatic nitrogens is 1. The molecule has 0 aromatic carbocycles. The van der Waals surface area contributed by atoms with Crippen LogP contribution in [-0.2, 0) is 10.0 Å². The molecule has 8 heteroatoms. The van der Waals surface area contributed by atoms with E-state index in [1.54, 1.807) is 6.07 Å². The number of sulfonamides is 1. The van der Waals surface area contributed by atoms with Gasteiger partial charge in [0.2, 0.25) is 10.0 Å². The SMILES string of the molecule is CC1COc2c(cc(N(C)S(C)(=O)=O)nc2Br)O1. The Labute approximate surface area is 114 Å². The summed E-state index contributed by atoms with van der Waals surface area (Å²) in [7, 11) is -1.92. The monoisotopic (exact) mass is 336 g/mol. The number of pyridine rings is 1. The number of hydrogen-bond donors (Lipinski definition) is 0. The van der Waals surface area contributed by atoms with Crippen LogP contribution in [0.3, 0.4) is 0 Å². The lowest BCUT2D eigenvalue weighted by Crippen LogP contribution is -2.28. The normalized spacial score (nSPS) is 18.6. The Kier molecular flexibility index (Phi) is 3.41. The van der Waals surface area contributed by atoms with E-state index in [0.29, 0.717) is 22.7 Å². The van der Waals surface area contributed by atoms with Gasteiger partial charge in [-0.25, -0.2) is 13.4 Å². The topological polar surface area (TPSA) is 68.7 Å². The summed E-state index contributed by atoms with van der Waals surface area (Å²) in [4.78, 5) is 4.14. The highest BCUT2D eigenvalue weighted by molar-refractivity contribution is 9.10. The maximum absolute atomic E-state index is 11.5. The first-order valence-corrected chi connectivity index (χ1v) is 7.87. The van der Waals surface area contributed by atoms with Crippen LogP contribution < -0.4 is 13.8 Å². The number of rotatable bonds is 2. The summed E-state index contributed by atoms with van der Waals surface area (Å²) < 4.78 is 35.5. The molecule has 0 fully saturated rings. The van der Waals surface area contributed by atoms with Crippen molar-refractivity contribution in [1.82, 2.24) is 4.98 Å². The molecule has 0 spiro atoms. The molecule has 0 aliphatic carbocycles. The van der Waals surface area contributed by atoms with Gasteiger partial charge in [0.25, 0.3) is 0 Å². The molecule has 0 radical (unpaired) electrons. The second-order valence-electron chi connectivity index (χ2n) is 4.07. The maximum Gasteiger partial charge on any atom is 0.233 e. The number of fused-ring (bicyclic) bond motifs is 1. The van der Waals surface area contributed by atoms with Crippen LogP contribution >= 0.6 is 15.9 Å². The molecule has 0 saturated carbocycles. The van der Waals surface area contributed by atoms with Crippen LogP contribution in [0.2, 0.25) is 0 Å². The van der Waals surface area contributed by atoms with E-state index in [1.807, 2.05) is 6.92 Å². The van der Waals surface area contributed by atoms with Crippen LogP contribution in [0.15, 0.2) is 10.7 Å². The molecular formula is C10H13BrN2O4S. The summed E-state index contributed by atoms with van der Waals surface area (Å²) >= 11 is 3.25. The maximum atomic E-state index is 11.5. The van der Waals surface area contributed by atoms with Crippen LogP contribution in [0, 0.1) is 0 Å². The van der Waals surface area contributed by atoms with Gasteiger partial charge in [0.1, 0.15) is 18.5 Å². The van der Waals surface area contributed by atoms with Gasteiger partial charge in [-0.15, -0.1) is 0 Å². The van der Waals surface area contributed by atoms with Crippen molar-refractivity contribution >= 4 is 31.8 Å². The van der Waals surface area contributed by atoms with Gasteiger partial charge in [0.15, 0.2) is 16.1 Å². The smallest absolute Gasteiger partial charge is 0.233 e. The van der Waals surface area contributed by atoms with Crippen LogP contribution in [-0.4, -0.2) is 39.4 Å². The van der Waals surface area contributed by atoms with E-state index in [-0.39, 0.29) is 11.9 Å². The zero-order chi connectivity index (χ0) is 13.5. The van der Waals surface area contributed by atoms with Crippen molar-refractivity contribution < 1.29 is 17.9 Å². The summed E-state index contributed by atoms with van der Waals surface area (Å²) in [6, 6.07) is 1.55. The summed E-state index contributed by atoms with van der Waals surface area (Å²) in [5, 5.41) is 0. The van der Waals surface area contributed by atoms with Crippen molar-refractivity contribution in [3.05, 3.63) is 10.7 Å². The third-order valence-corrected chi connectivity index (χ3v) is 4.21. The van der Waals surface area contributed by atoms with E-state index < -0.39 is 10.0 Å². The lowest BCUT2D eigenvalue weighted by Gasteiger charge is -2.26. The Morgan fingerprint density at radius 2 is 2.22 bits per heavy atom. The predicted molar refractivity (Wildman–Crippen MR) is 70.8 cm³/mol. The first kappa shape index (κ1) is 13.4. The number of nitrogens with zero attached hydrogens (tertiary/aromatic N) is 2. The van der Waals surface area contributed by atoms with Crippen LogP contribution in [0.4, 0.5) is 5.82 Å². The minimum absolute atomic E-state index is 0.0804. The minimum Gasteiger partial charge on any atom is -0.483 e. The Morgan fingerprint density at radius 3 is 2.83 bits per heavy atom. The molecule has 1 aliphatic rings. The highest BCUT2D eigenvalue weighted by atomic mass is 79.9. The molecule has 0 bridgehead atoms. The zero-order valence-electron chi connectivity index (χ0n) is 10.2. The minimum atomic E-state index is -3.36. The van der Waals surface area contributed by atoms with Crippen molar-refractivity contribution in [2.24, 2.45) is 0 Å². The fourth-order valence-corrected chi connectivity index (χ4v) is 2.39. The van der Waals surface area contributed by atoms with Gasteiger partial charge < -0.3 is 9.47 Å². The zero-order valence-corrected chi connectivity index (χ0v) is 12.6. The number of halogens is 1. The van der Waals surface area contributed by atoms with E-state index in [0.717, 1.165) is 10.6 Å². The lowest BCUT2D eigenvalue weighted by molar-refractivity contribution is 0.103. The molecule has 2 heterocycles. The standard InChI is InChI=1S/C10H13BrN2O4S/c1-6-5-16-9-7(17-6)4-8(12-10(9)11)13(2)18(3,14)15/h4,6H,5H2,1-3H3. The van der Waals surface area contributed by atoms with Crippen molar-refractivity contribution in [3.8, 4) is 11.5 Å². The largest absolute Gasteiger partial charge is 0.483 e. The molecule has 2 rings (SSSR count). The first-order valence-electron chi connectivity index (χ1n) is 5.23. The van der Waals surface area contributed by atoms with Gasteiger partial charge in [-0.1, -0.05) is 0 Å². The van der Waals surface area contributed by atoms with Crippen LogP contribution in [0.5, 0.6) is 11.5 Å². The fourth-order valence-electron chi connectivity index (χ4n) is 1.47. The van der Waals surface area contributed by atoms with Gasteiger partial charge in [-0.3, -0.25) is 4.31 Å². The molecule has 1 atom stereocenters. The third kappa shape index (κ3) is 2.54. The molecule has 1 aromatic heterocycles. The van der Waals surface area contributed by atoms with E-state index in [9.17, 15) is 8.42 Å². The van der Waals surface area contributed by atoms with Crippen LogP contribution in [0.25, 0.3) is 0 Å². The summed E-state index contributed by atoms with van der Waals surface area (Å²) in [6.07, 6.45) is 1.03. The molecule has 0 amide bonds. The Hall–Kier alpha value is -1.02. The van der Waals surface area contributed by atoms with Gasteiger partial charge >= 0.3 is 0 Å². The second kappa shape index (κ2) is 4.58. The number of hydrogen-bond acceptors (Lipinski definition) is 5. The van der Waals surface area contributed by atoms with Gasteiger partial charge in [0, 0.05) is 13.1 Å². The molecule has 0 saturated heterocycles. The van der Waals surface area contributed by atoms with Crippen molar-refractivity contribution in [1.29, 1.82) is 0 Å². The molecular weight excluding hydrogens is 324 g/mol. The first-order chi connectivity index (χ1) is 8.29. The molecule has 18 heavy (non-hydrogen) atoms. The quantitative estimate of drug-likeness (QED) is 0.763. The van der Waals surface area contributed by atoms with Crippen LogP contribution in [0.1, 0.15) is 6.92 Å². The number of ether oxygens (including phenoxy) is 2. The summed E-state index contributed by atoms with van der Waals surface area (Å²) in [5.74, 6) is 1.26.